The molecule has 0 saturated heterocycles. The van der Waals surface area contributed by atoms with Gasteiger partial charge in [0.1, 0.15) is 24.2 Å². The van der Waals surface area contributed by atoms with Crippen molar-refractivity contribution >= 4 is 35.0 Å². The summed E-state index contributed by atoms with van der Waals surface area (Å²) in [6.45, 7) is 7.60. The Morgan fingerprint density at radius 1 is 1.13 bits per heavy atom. The summed E-state index contributed by atoms with van der Waals surface area (Å²) in [5.41, 5.74) is 2.37. The summed E-state index contributed by atoms with van der Waals surface area (Å²) < 4.78 is 38.2. The molecule has 3 aromatic carbocycles. The number of ether oxygens (including phenoxy) is 4. The summed E-state index contributed by atoms with van der Waals surface area (Å²) in [7, 11) is 1.49. The molecule has 5 rings (SSSR count). The van der Waals surface area contributed by atoms with Gasteiger partial charge in [-0.15, -0.1) is 0 Å². The third kappa shape index (κ3) is 6.82. The molecule has 1 aromatic heterocycles. The Bertz CT molecular complexity index is 1950. The highest BCUT2D eigenvalue weighted by atomic mass is 35.5. The zero-order valence-corrected chi connectivity index (χ0v) is 27.0. The molecule has 2 heterocycles. The van der Waals surface area contributed by atoms with E-state index >= 15 is 0 Å². The fourth-order valence-electron chi connectivity index (χ4n) is 5.00. The summed E-state index contributed by atoms with van der Waals surface area (Å²) in [6, 6.07) is 15.9. The van der Waals surface area contributed by atoms with Crippen LogP contribution in [-0.4, -0.2) is 30.4 Å². The van der Waals surface area contributed by atoms with E-state index in [0.29, 0.717) is 43.4 Å². The van der Waals surface area contributed by atoms with Crippen molar-refractivity contribution in [1.82, 2.24) is 4.57 Å². The van der Waals surface area contributed by atoms with Gasteiger partial charge in [-0.1, -0.05) is 53.3 Å². The van der Waals surface area contributed by atoms with Gasteiger partial charge in [-0.3, -0.25) is 9.36 Å². The fourth-order valence-corrected chi connectivity index (χ4v) is 6.32. The van der Waals surface area contributed by atoms with Crippen LogP contribution in [0, 0.1) is 5.82 Å². The van der Waals surface area contributed by atoms with Crippen LogP contribution in [0.2, 0.25) is 5.02 Å². The van der Waals surface area contributed by atoms with Gasteiger partial charge >= 0.3 is 5.97 Å². The van der Waals surface area contributed by atoms with E-state index in [1.54, 1.807) is 44.2 Å². The summed E-state index contributed by atoms with van der Waals surface area (Å²) in [6.07, 6.45) is 1.55. The Labute approximate surface area is 268 Å². The number of esters is 1. The number of rotatable bonds is 10. The molecule has 0 N–H and O–H groups in total. The first kappa shape index (κ1) is 32.0. The number of hydrogen-bond acceptors (Lipinski definition) is 8. The number of carbonyl (C=O) groups excluding carboxylic acids is 1. The van der Waals surface area contributed by atoms with Crippen LogP contribution in [0.1, 0.15) is 50.4 Å². The molecule has 0 radical (unpaired) electrons. The molecule has 234 valence electrons. The number of aromatic nitrogens is 1. The molecule has 4 aromatic rings. The van der Waals surface area contributed by atoms with Crippen LogP contribution in [0.25, 0.3) is 6.08 Å². The number of allylic oxidation sites excluding steroid dienone is 1. The normalized spacial score (nSPS) is 14.7. The number of fused-ring (bicyclic) bond motifs is 1. The number of methoxy groups -OCH3 is 1. The topological polar surface area (TPSA) is 88.4 Å². The van der Waals surface area contributed by atoms with Gasteiger partial charge in [0.2, 0.25) is 0 Å². The van der Waals surface area contributed by atoms with Crippen molar-refractivity contribution in [1.29, 1.82) is 0 Å². The maximum Gasteiger partial charge on any atom is 0.338 e. The zero-order valence-electron chi connectivity index (χ0n) is 25.4. The van der Waals surface area contributed by atoms with Crippen LogP contribution in [0.15, 0.2) is 81.7 Å². The highest BCUT2D eigenvalue weighted by Gasteiger charge is 2.35. The van der Waals surface area contributed by atoms with Crippen molar-refractivity contribution in [2.45, 2.75) is 46.4 Å². The predicted octanol–water partition coefficient (Wildman–Crippen LogP) is 5.97. The molecule has 45 heavy (non-hydrogen) atoms. The maximum absolute atomic E-state index is 14.1. The lowest BCUT2D eigenvalue weighted by molar-refractivity contribution is -0.139. The van der Waals surface area contributed by atoms with Crippen LogP contribution in [-0.2, 0) is 16.1 Å². The largest absolute Gasteiger partial charge is 0.493 e. The van der Waals surface area contributed by atoms with E-state index in [9.17, 15) is 14.0 Å². The van der Waals surface area contributed by atoms with Crippen molar-refractivity contribution in [2.75, 3.05) is 13.7 Å². The first-order valence-electron chi connectivity index (χ1n) is 14.3. The lowest BCUT2D eigenvalue weighted by atomic mass is 9.95. The lowest BCUT2D eigenvalue weighted by Crippen LogP contribution is -2.40. The molecule has 0 saturated carbocycles. The van der Waals surface area contributed by atoms with Crippen LogP contribution in [0.5, 0.6) is 17.2 Å². The van der Waals surface area contributed by atoms with Crippen LogP contribution < -0.4 is 29.1 Å². The SMILES string of the molecule is CCOC(=O)C1=C(C)N=c2s/c(=C/c3cc(Cl)c(OCc4ccc(F)cc4)c(OC)c3)c(=O)n2[C@@H]1c1ccccc1OC(C)C. The number of hydrogen-bond donors (Lipinski definition) is 0. The summed E-state index contributed by atoms with van der Waals surface area (Å²) in [5, 5.41) is 0.272. The van der Waals surface area contributed by atoms with Crippen molar-refractivity contribution in [3.05, 3.63) is 119 Å². The van der Waals surface area contributed by atoms with Gasteiger partial charge in [0, 0.05) is 5.56 Å². The summed E-state index contributed by atoms with van der Waals surface area (Å²) in [5.74, 6) is 0.345. The van der Waals surface area contributed by atoms with E-state index < -0.39 is 12.0 Å². The molecule has 0 aliphatic carbocycles. The molecule has 0 fully saturated rings. The zero-order chi connectivity index (χ0) is 32.2. The quantitative estimate of drug-likeness (QED) is 0.197. The Balaban J connectivity index is 1.60. The molecule has 0 amide bonds. The molecule has 0 spiro atoms. The molecule has 8 nitrogen and oxygen atoms in total. The minimum absolute atomic E-state index is 0.138. The number of thiazole rings is 1. The molecule has 0 unspecified atom stereocenters. The van der Waals surface area contributed by atoms with Crippen molar-refractivity contribution in [2.24, 2.45) is 4.99 Å². The van der Waals surface area contributed by atoms with E-state index in [4.69, 9.17) is 30.5 Å². The van der Waals surface area contributed by atoms with E-state index in [1.807, 2.05) is 38.1 Å². The minimum Gasteiger partial charge on any atom is -0.493 e. The molecule has 11 heteroatoms. The van der Waals surface area contributed by atoms with Crippen LogP contribution >= 0.6 is 22.9 Å². The second-order valence-electron chi connectivity index (χ2n) is 10.5. The van der Waals surface area contributed by atoms with Gasteiger partial charge < -0.3 is 18.9 Å². The maximum atomic E-state index is 14.1. The average Bonchev–Trinajstić information content (AvgIpc) is 3.30. The third-order valence-corrected chi connectivity index (χ3v) is 8.20. The highest BCUT2D eigenvalue weighted by Crippen LogP contribution is 2.38. The van der Waals surface area contributed by atoms with E-state index in [0.717, 1.165) is 5.56 Å². The predicted molar refractivity (Wildman–Crippen MR) is 171 cm³/mol. The number of para-hydroxylation sites is 1. The van der Waals surface area contributed by atoms with Crippen molar-refractivity contribution < 1.29 is 28.1 Å². The second-order valence-corrected chi connectivity index (χ2v) is 11.9. The minimum atomic E-state index is -0.822. The van der Waals surface area contributed by atoms with Gasteiger partial charge in [-0.25, -0.2) is 14.2 Å². The Morgan fingerprint density at radius 2 is 1.87 bits per heavy atom. The van der Waals surface area contributed by atoms with E-state index in [2.05, 4.69) is 4.99 Å². The first-order valence-corrected chi connectivity index (χ1v) is 15.5. The molecular formula is C34H32ClFN2O6S. The van der Waals surface area contributed by atoms with Gasteiger partial charge in [0.25, 0.3) is 5.56 Å². The fraction of sp³-hybridized carbons (Fsp3) is 0.265. The molecule has 1 aliphatic rings. The van der Waals surface area contributed by atoms with E-state index in [-0.39, 0.29) is 41.3 Å². The standard InChI is InChI=1S/C34H32ClFN2O6S/c1-6-42-33(40)29-20(4)37-34-38(30(29)24-9-7-8-10-26(24)44-19(2)3)32(39)28(45-34)17-22-15-25(35)31(27(16-22)41-5)43-18-21-11-13-23(36)14-12-21/h7-17,19,30H,6,18H2,1-5H3/b28-17+/t30-/m1/s1. The third-order valence-electron chi connectivity index (χ3n) is 6.94. The smallest absolute Gasteiger partial charge is 0.338 e. The van der Waals surface area contributed by atoms with Gasteiger partial charge in [-0.2, -0.15) is 0 Å². The van der Waals surface area contributed by atoms with Gasteiger partial charge in [0.15, 0.2) is 16.3 Å². The van der Waals surface area contributed by atoms with Crippen LogP contribution in [0.3, 0.4) is 0 Å². The Hall–Kier alpha value is -4.41. The summed E-state index contributed by atoms with van der Waals surface area (Å²) >= 11 is 7.81. The molecule has 0 bridgehead atoms. The Kier molecular flexibility index (Phi) is 9.74. The Morgan fingerprint density at radius 3 is 2.56 bits per heavy atom. The monoisotopic (exact) mass is 650 g/mol. The van der Waals surface area contributed by atoms with Crippen LogP contribution in [0.4, 0.5) is 4.39 Å². The number of carbonyl (C=O) groups is 1. The van der Waals surface area contributed by atoms with Gasteiger partial charge in [0.05, 0.1) is 40.6 Å². The average molecular weight is 651 g/mol. The summed E-state index contributed by atoms with van der Waals surface area (Å²) in [4.78, 5) is 32.5. The lowest BCUT2D eigenvalue weighted by Gasteiger charge is -2.26. The second kappa shape index (κ2) is 13.7. The highest BCUT2D eigenvalue weighted by molar-refractivity contribution is 7.07. The molecule has 1 aliphatic heterocycles. The molecular weight excluding hydrogens is 619 g/mol. The molecule has 1 atom stereocenters. The number of nitrogens with zero attached hydrogens (tertiary/aromatic N) is 2. The first-order chi connectivity index (χ1) is 21.6. The van der Waals surface area contributed by atoms with Gasteiger partial charge in [-0.05, 0) is 75.2 Å². The van der Waals surface area contributed by atoms with Crippen molar-refractivity contribution in [3.8, 4) is 17.2 Å². The number of benzene rings is 3. The number of halogens is 2. The van der Waals surface area contributed by atoms with Crippen molar-refractivity contribution in [3.63, 3.8) is 0 Å². The van der Waals surface area contributed by atoms with E-state index in [1.165, 1.54) is 35.1 Å².